The molecule has 0 saturated heterocycles. The smallest absolute Gasteiger partial charge is 0.174 e. The Labute approximate surface area is 106 Å². The number of carbonyl (C=O) groups excluding carboxylic acids is 1. The van der Waals surface area contributed by atoms with Gasteiger partial charge in [0.25, 0.3) is 0 Å². The average molecular weight is 268 g/mol. The molecule has 0 saturated carbocycles. The van der Waals surface area contributed by atoms with Gasteiger partial charge in [-0.3, -0.25) is 4.79 Å². The summed E-state index contributed by atoms with van der Waals surface area (Å²) in [5.74, 6) is 0.0852. The fourth-order valence-corrected chi connectivity index (χ4v) is 3.07. The summed E-state index contributed by atoms with van der Waals surface area (Å²) >= 11 is 2.34. The van der Waals surface area contributed by atoms with E-state index in [1.54, 1.807) is 13.0 Å². The molecule has 3 nitrogen and oxygen atoms in total. The Morgan fingerprint density at radius 3 is 2.82 bits per heavy atom. The molecule has 0 unspecified atom stereocenters. The van der Waals surface area contributed by atoms with Gasteiger partial charge in [-0.2, -0.15) is 4.37 Å². The Bertz CT molecular complexity index is 568. The van der Waals surface area contributed by atoms with Crippen LogP contribution < -0.4 is 0 Å². The Kier molecular flexibility index (Phi) is 3.54. The third-order valence-corrected chi connectivity index (χ3v) is 4.01. The first-order valence-corrected chi connectivity index (χ1v) is 6.44. The molecule has 17 heavy (non-hydrogen) atoms. The molecule has 0 fully saturated rings. The zero-order valence-corrected chi connectivity index (χ0v) is 10.9. The molecular weight excluding hydrogens is 259 g/mol. The van der Waals surface area contributed by atoms with Crippen LogP contribution in [-0.4, -0.2) is 15.1 Å². The fourth-order valence-electron chi connectivity index (χ4n) is 1.30. The van der Waals surface area contributed by atoms with Crippen LogP contribution in [0.1, 0.15) is 23.1 Å². The number of hydrogen-bond donors (Lipinski definition) is 0. The van der Waals surface area contributed by atoms with E-state index in [1.807, 2.05) is 0 Å². The largest absolute Gasteiger partial charge is 0.294 e. The van der Waals surface area contributed by atoms with Crippen molar-refractivity contribution in [1.29, 1.82) is 0 Å². The third kappa shape index (κ3) is 2.70. The third-order valence-electron chi connectivity index (χ3n) is 2.04. The van der Waals surface area contributed by atoms with Crippen molar-refractivity contribution in [2.45, 2.75) is 23.1 Å². The Morgan fingerprint density at radius 1 is 1.47 bits per heavy atom. The van der Waals surface area contributed by atoms with Gasteiger partial charge in [-0.05, 0) is 31.4 Å². The van der Waals surface area contributed by atoms with Gasteiger partial charge in [0.15, 0.2) is 10.1 Å². The number of aromatic nitrogens is 2. The van der Waals surface area contributed by atoms with Gasteiger partial charge in [-0.15, -0.1) is 0 Å². The van der Waals surface area contributed by atoms with Crippen LogP contribution in [0.15, 0.2) is 27.4 Å². The Balaban J connectivity index is 2.40. The summed E-state index contributed by atoms with van der Waals surface area (Å²) in [6, 6.07) is 4.48. The van der Waals surface area contributed by atoms with Crippen molar-refractivity contribution in [1.82, 2.24) is 9.36 Å². The van der Waals surface area contributed by atoms with Crippen molar-refractivity contribution < 1.29 is 9.18 Å². The van der Waals surface area contributed by atoms with E-state index < -0.39 is 5.82 Å². The van der Waals surface area contributed by atoms with E-state index in [2.05, 4.69) is 9.36 Å². The number of hydrogen-bond acceptors (Lipinski definition) is 5. The van der Waals surface area contributed by atoms with Crippen molar-refractivity contribution in [3.8, 4) is 0 Å². The highest BCUT2D eigenvalue weighted by molar-refractivity contribution is 8.01. The molecule has 1 aromatic carbocycles. The molecule has 0 atom stereocenters. The van der Waals surface area contributed by atoms with Gasteiger partial charge in [0.05, 0.1) is 4.90 Å². The molecule has 0 aliphatic rings. The number of benzene rings is 1. The quantitative estimate of drug-likeness (QED) is 0.801. The molecule has 1 heterocycles. The van der Waals surface area contributed by atoms with Gasteiger partial charge >= 0.3 is 0 Å². The molecule has 88 valence electrons. The maximum Gasteiger partial charge on any atom is 0.174 e. The maximum absolute atomic E-state index is 13.7. The zero-order valence-electron chi connectivity index (χ0n) is 9.23. The van der Waals surface area contributed by atoms with Crippen molar-refractivity contribution >= 4 is 29.1 Å². The number of rotatable bonds is 3. The fraction of sp³-hybridized carbons (Fsp3) is 0.182. The van der Waals surface area contributed by atoms with Crippen LogP contribution in [0.2, 0.25) is 0 Å². The molecule has 0 aliphatic heterocycles. The first kappa shape index (κ1) is 12.2. The van der Waals surface area contributed by atoms with Gasteiger partial charge in [0.1, 0.15) is 11.6 Å². The number of nitrogens with zero attached hydrogens (tertiary/aromatic N) is 2. The van der Waals surface area contributed by atoms with Gasteiger partial charge in [0, 0.05) is 5.56 Å². The molecule has 0 spiro atoms. The minimum Gasteiger partial charge on any atom is -0.294 e. The van der Waals surface area contributed by atoms with E-state index in [-0.39, 0.29) is 5.78 Å². The SMILES string of the molecule is CC(=O)c1cccc(F)c1Sc1nc(C)ns1. The second-order valence-corrected chi connectivity index (χ2v) is 5.39. The summed E-state index contributed by atoms with van der Waals surface area (Å²) < 4.78 is 18.3. The second-order valence-electron chi connectivity index (χ2n) is 3.38. The molecule has 0 radical (unpaired) electrons. The van der Waals surface area contributed by atoms with Gasteiger partial charge < -0.3 is 0 Å². The van der Waals surface area contributed by atoms with Gasteiger partial charge in [-0.25, -0.2) is 9.37 Å². The predicted octanol–water partition coefficient (Wildman–Crippen LogP) is 3.34. The molecule has 0 aliphatic carbocycles. The minimum absolute atomic E-state index is 0.159. The van der Waals surface area contributed by atoms with Crippen LogP contribution in [0.3, 0.4) is 0 Å². The normalized spacial score (nSPS) is 10.5. The van der Waals surface area contributed by atoms with Gasteiger partial charge in [-0.1, -0.05) is 23.9 Å². The highest BCUT2D eigenvalue weighted by Crippen LogP contribution is 2.33. The van der Waals surface area contributed by atoms with Crippen molar-refractivity contribution in [3.63, 3.8) is 0 Å². The highest BCUT2D eigenvalue weighted by atomic mass is 32.2. The lowest BCUT2D eigenvalue weighted by molar-refractivity contribution is 0.101. The van der Waals surface area contributed by atoms with E-state index >= 15 is 0 Å². The zero-order chi connectivity index (χ0) is 12.4. The number of aryl methyl sites for hydroxylation is 1. The summed E-state index contributed by atoms with van der Waals surface area (Å²) in [6.07, 6.45) is 0. The molecule has 0 bridgehead atoms. The summed E-state index contributed by atoms with van der Waals surface area (Å²) in [7, 11) is 0. The lowest BCUT2D eigenvalue weighted by atomic mass is 10.1. The van der Waals surface area contributed by atoms with E-state index in [1.165, 1.54) is 30.6 Å². The van der Waals surface area contributed by atoms with Crippen LogP contribution >= 0.6 is 23.3 Å². The topological polar surface area (TPSA) is 42.9 Å². The second kappa shape index (κ2) is 4.93. The van der Waals surface area contributed by atoms with Crippen LogP contribution in [-0.2, 0) is 0 Å². The van der Waals surface area contributed by atoms with E-state index in [4.69, 9.17) is 0 Å². The molecule has 0 amide bonds. The Hall–Kier alpha value is -1.27. The van der Waals surface area contributed by atoms with E-state index in [0.717, 1.165) is 11.8 Å². The molecule has 0 N–H and O–H groups in total. The highest BCUT2D eigenvalue weighted by Gasteiger charge is 2.15. The maximum atomic E-state index is 13.7. The minimum atomic E-state index is -0.407. The van der Waals surface area contributed by atoms with Gasteiger partial charge in [0.2, 0.25) is 0 Å². The number of carbonyl (C=O) groups is 1. The summed E-state index contributed by atoms with van der Waals surface area (Å²) in [6.45, 7) is 3.19. The molecular formula is C11H9FN2OS2. The lowest BCUT2D eigenvalue weighted by Crippen LogP contribution is -1.97. The van der Waals surface area contributed by atoms with E-state index in [9.17, 15) is 9.18 Å². The summed E-state index contributed by atoms with van der Waals surface area (Å²) in [4.78, 5) is 15.9. The Morgan fingerprint density at radius 2 is 2.24 bits per heavy atom. The van der Waals surface area contributed by atoms with Crippen molar-refractivity contribution in [3.05, 3.63) is 35.4 Å². The predicted molar refractivity (Wildman–Crippen MR) is 65.2 cm³/mol. The average Bonchev–Trinajstić information content (AvgIpc) is 2.67. The van der Waals surface area contributed by atoms with E-state index in [0.29, 0.717) is 20.6 Å². The van der Waals surface area contributed by atoms with Crippen LogP contribution in [0.25, 0.3) is 0 Å². The molecule has 1 aromatic heterocycles. The first-order valence-electron chi connectivity index (χ1n) is 4.85. The molecule has 2 rings (SSSR count). The summed E-state index contributed by atoms with van der Waals surface area (Å²) in [5.41, 5.74) is 0.378. The lowest BCUT2D eigenvalue weighted by Gasteiger charge is -2.05. The number of halogens is 1. The van der Waals surface area contributed by atoms with Crippen molar-refractivity contribution in [2.24, 2.45) is 0 Å². The molecule has 2 aromatic rings. The van der Waals surface area contributed by atoms with Crippen LogP contribution in [0.5, 0.6) is 0 Å². The first-order chi connectivity index (χ1) is 8.08. The molecule has 6 heteroatoms. The standard InChI is InChI=1S/C11H9FN2OS2/c1-6(15)8-4-3-5-9(12)10(8)16-11-13-7(2)14-17-11/h3-5H,1-2H3. The monoisotopic (exact) mass is 268 g/mol. The number of ketones is 1. The van der Waals surface area contributed by atoms with Crippen molar-refractivity contribution in [2.75, 3.05) is 0 Å². The van der Waals surface area contributed by atoms with Crippen LogP contribution in [0.4, 0.5) is 4.39 Å². The summed E-state index contributed by atoms with van der Waals surface area (Å²) in [5, 5.41) is 0. The number of Topliss-reactive ketones (excluding diaryl/α,β-unsaturated/α-hetero) is 1. The van der Waals surface area contributed by atoms with Crippen LogP contribution in [0, 0.1) is 12.7 Å².